The molecule has 0 bridgehead atoms. The number of nitrogens with zero attached hydrogens (tertiary/aromatic N) is 1. The van der Waals surface area contributed by atoms with Crippen LogP contribution in [0.4, 0.5) is 4.39 Å². The predicted octanol–water partition coefficient (Wildman–Crippen LogP) is 3.60. The molecule has 1 unspecified atom stereocenters. The molecule has 1 heterocycles. The van der Waals surface area contributed by atoms with Crippen molar-refractivity contribution < 1.29 is 4.39 Å². The zero-order valence-corrected chi connectivity index (χ0v) is 11.8. The van der Waals surface area contributed by atoms with Crippen molar-refractivity contribution >= 4 is 15.9 Å². The summed E-state index contributed by atoms with van der Waals surface area (Å²) in [5.74, 6) is -0.210. The highest BCUT2D eigenvalue weighted by atomic mass is 79.9. The van der Waals surface area contributed by atoms with Crippen LogP contribution in [0.1, 0.15) is 22.7 Å². The third-order valence-electron chi connectivity index (χ3n) is 2.89. The van der Waals surface area contributed by atoms with Gasteiger partial charge < -0.3 is 5.32 Å². The van der Waals surface area contributed by atoms with Gasteiger partial charge in [-0.2, -0.15) is 0 Å². The van der Waals surface area contributed by atoms with E-state index in [1.165, 1.54) is 6.07 Å². The van der Waals surface area contributed by atoms with E-state index in [0.29, 0.717) is 0 Å². The van der Waals surface area contributed by atoms with Crippen molar-refractivity contribution in [1.82, 2.24) is 10.3 Å². The molecule has 0 fully saturated rings. The second-order valence-corrected chi connectivity index (χ2v) is 5.07. The van der Waals surface area contributed by atoms with Crippen LogP contribution in [0.5, 0.6) is 0 Å². The standard InChI is InChI=1S/C14H14BrFN2/c1-9-5-12(16)3-4-13(9)14(17-2)10-6-11(15)8-18-7-10/h3-8,14,17H,1-2H3. The van der Waals surface area contributed by atoms with E-state index in [1.54, 1.807) is 12.3 Å². The summed E-state index contributed by atoms with van der Waals surface area (Å²) in [5.41, 5.74) is 3.02. The summed E-state index contributed by atoms with van der Waals surface area (Å²) in [5, 5.41) is 3.24. The van der Waals surface area contributed by atoms with Gasteiger partial charge in [-0.05, 0) is 64.8 Å². The monoisotopic (exact) mass is 308 g/mol. The van der Waals surface area contributed by atoms with E-state index in [-0.39, 0.29) is 11.9 Å². The van der Waals surface area contributed by atoms with Crippen molar-refractivity contribution in [2.24, 2.45) is 0 Å². The fourth-order valence-corrected chi connectivity index (χ4v) is 2.43. The Labute approximate surface area is 114 Å². The van der Waals surface area contributed by atoms with Crippen LogP contribution < -0.4 is 5.32 Å². The Bertz CT molecular complexity index is 557. The summed E-state index contributed by atoms with van der Waals surface area (Å²) in [4.78, 5) is 4.16. The minimum Gasteiger partial charge on any atom is -0.309 e. The lowest BCUT2D eigenvalue weighted by atomic mass is 9.96. The number of halogens is 2. The van der Waals surface area contributed by atoms with Crippen LogP contribution in [0.15, 0.2) is 41.1 Å². The second kappa shape index (κ2) is 5.59. The molecule has 1 aromatic heterocycles. The molecule has 94 valence electrons. The van der Waals surface area contributed by atoms with Gasteiger partial charge in [0, 0.05) is 16.9 Å². The fraction of sp³-hybridized carbons (Fsp3) is 0.214. The molecule has 0 aliphatic heterocycles. The van der Waals surface area contributed by atoms with Gasteiger partial charge in [-0.3, -0.25) is 4.98 Å². The first kappa shape index (κ1) is 13.2. The molecule has 0 radical (unpaired) electrons. The number of aromatic nitrogens is 1. The Morgan fingerprint density at radius 2 is 2.06 bits per heavy atom. The van der Waals surface area contributed by atoms with Crippen molar-refractivity contribution in [3.05, 3.63) is 63.6 Å². The van der Waals surface area contributed by atoms with Gasteiger partial charge in [-0.15, -0.1) is 0 Å². The third kappa shape index (κ3) is 2.76. The molecule has 0 saturated carbocycles. The van der Waals surface area contributed by atoms with Crippen molar-refractivity contribution in [3.8, 4) is 0 Å². The fourth-order valence-electron chi connectivity index (χ4n) is 2.05. The van der Waals surface area contributed by atoms with Crippen LogP contribution in [0.25, 0.3) is 0 Å². The van der Waals surface area contributed by atoms with E-state index in [0.717, 1.165) is 21.2 Å². The van der Waals surface area contributed by atoms with E-state index in [9.17, 15) is 4.39 Å². The van der Waals surface area contributed by atoms with Gasteiger partial charge in [0.1, 0.15) is 5.82 Å². The Morgan fingerprint density at radius 1 is 1.28 bits per heavy atom. The summed E-state index contributed by atoms with van der Waals surface area (Å²) in [6.45, 7) is 1.91. The van der Waals surface area contributed by atoms with Crippen LogP contribution in [0.3, 0.4) is 0 Å². The van der Waals surface area contributed by atoms with Gasteiger partial charge in [0.25, 0.3) is 0 Å². The van der Waals surface area contributed by atoms with Gasteiger partial charge >= 0.3 is 0 Å². The molecular formula is C14H14BrFN2. The summed E-state index contributed by atoms with van der Waals surface area (Å²) in [7, 11) is 1.88. The highest BCUT2D eigenvalue weighted by Gasteiger charge is 2.15. The van der Waals surface area contributed by atoms with Gasteiger partial charge in [0.15, 0.2) is 0 Å². The SMILES string of the molecule is CNC(c1cncc(Br)c1)c1ccc(F)cc1C. The highest BCUT2D eigenvalue weighted by Crippen LogP contribution is 2.26. The number of hydrogen-bond donors (Lipinski definition) is 1. The number of rotatable bonds is 3. The Hall–Kier alpha value is -1.26. The summed E-state index contributed by atoms with van der Waals surface area (Å²) in [6.07, 6.45) is 3.56. The summed E-state index contributed by atoms with van der Waals surface area (Å²) < 4.78 is 14.1. The maximum atomic E-state index is 13.1. The average Bonchev–Trinajstić information content (AvgIpc) is 2.33. The van der Waals surface area contributed by atoms with E-state index in [2.05, 4.69) is 26.2 Å². The lowest BCUT2D eigenvalue weighted by molar-refractivity contribution is 0.621. The van der Waals surface area contributed by atoms with Crippen molar-refractivity contribution in [1.29, 1.82) is 0 Å². The summed E-state index contributed by atoms with van der Waals surface area (Å²) >= 11 is 3.41. The molecule has 2 nitrogen and oxygen atoms in total. The largest absolute Gasteiger partial charge is 0.309 e. The van der Waals surface area contributed by atoms with Gasteiger partial charge in [-0.1, -0.05) is 6.07 Å². The van der Waals surface area contributed by atoms with Crippen molar-refractivity contribution in [2.75, 3.05) is 7.05 Å². The second-order valence-electron chi connectivity index (χ2n) is 4.16. The smallest absolute Gasteiger partial charge is 0.123 e. The number of hydrogen-bond acceptors (Lipinski definition) is 2. The lowest BCUT2D eigenvalue weighted by Crippen LogP contribution is -2.19. The minimum absolute atomic E-state index is 0.00981. The zero-order chi connectivity index (χ0) is 13.1. The molecule has 1 N–H and O–H groups in total. The topological polar surface area (TPSA) is 24.9 Å². The lowest BCUT2D eigenvalue weighted by Gasteiger charge is -2.19. The van der Waals surface area contributed by atoms with E-state index < -0.39 is 0 Å². The number of aryl methyl sites for hydroxylation is 1. The molecule has 0 aliphatic carbocycles. The molecule has 1 atom stereocenters. The van der Waals surface area contributed by atoms with Crippen LogP contribution in [-0.2, 0) is 0 Å². The normalized spacial score (nSPS) is 12.4. The van der Waals surface area contributed by atoms with E-state index in [4.69, 9.17) is 0 Å². The maximum absolute atomic E-state index is 13.1. The van der Waals surface area contributed by atoms with Gasteiger partial charge in [0.05, 0.1) is 6.04 Å². The molecular weight excluding hydrogens is 295 g/mol. The summed E-state index contributed by atoms with van der Waals surface area (Å²) in [6, 6.07) is 6.86. The van der Waals surface area contributed by atoms with Crippen LogP contribution >= 0.6 is 15.9 Å². The minimum atomic E-state index is -0.210. The number of nitrogens with one attached hydrogen (secondary N) is 1. The molecule has 1 aromatic carbocycles. The predicted molar refractivity (Wildman–Crippen MR) is 74.0 cm³/mol. The molecule has 18 heavy (non-hydrogen) atoms. The highest BCUT2D eigenvalue weighted by molar-refractivity contribution is 9.10. The first-order chi connectivity index (χ1) is 8.61. The molecule has 0 amide bonds. The average molecular weight is 309 g/mol. The van der Waals surface area contributed by atoms with Gasteiger partial charge in [-0.25, -0.2) is 4.39 Å². The Balaban J connectivity index is 2.45. The van der Waals surface area contributed by atoms with Crippen LogP contribution in [0.2, 0.25) is 0 Å². The zero-order valence-electron chi connectivity index (χ0n) is 10.2. The molecule has 2 aromatic rings. The van der Waals surface area contributed by atoms with E-state index >= 15 is 0 Å². The molecule has 0 spiro atoms. The van der Waals surface area contributed by atoms with Crippen LogP contribution in [0, 0.1) is 12.7 Å². The molecule has 0 saturated heterocycles. The molecule has 4 heteroatoms. The first-order valence-electron chi connectivity index (χ1n) is 5.65. The molecule has 2 rings (SSSR count). The maximum Gasteiger partial charge on any atom is 0.123 e. The molecule has 0 aliphatic rings. The van der Waals surface area contributed by atoms with Gasteiger partial charge in [0.2, 0.25) is 0 Å². The van der Waals surface area contributed by atoms with Crippen LogP contribution in [-0.4, -0.2) is 12.0 Å². The first-order valence-corrected chi connectivity index (χ1v) is 6.45. The van der Waals surface area contributed by atoms with Crippen molar-refractivity contribution in [2.45, 2.75) is 13.0 Å². The third-order valence-corrected chi connectivity index (χ3v) is 3.32. The quantitative estimate of drug-likeness (QED) is 0.937. The number of pyridine rings is 1. The van der Waals surface area contributed by atoms with Crippen molar-refractivity contribution in [3.63, 3.8) is 0 Å². The Morgan fingerprint density at radius 3 is 2.67 bits per heavy atom. The number of benzene rings is 1. The Kier molecular flexibility index (Phi) is 4.09. The van der Waals surface area contributed by atoms with E-state index in [1.807, 2.05) is 32.3 Å².